The number of benzene rings is 1. The molecule has 0 spiro atoms. The maximum Gasteiger partial charge on any atom is 0.387 e. The van der Waals surface area contributed by atoms with E-state index in [1.807, 2.05) is 6.92 Å². The van der Waals surface area contributed by atoms with Crippen LogP contribution in [0.25, 0.3) is 0 Å². The molecular weight excluding hydrogens is 288 g/mol. The number of nitrogens with one attached hydrogen (secondary N) is 1. The highest BCUT2D eigenvalue weighted by Crippen LogP contribution is 2.24. The number of rotatable bonds is 3. The number of ether oxygens (including phenoxy) is 1. The van der Waals surface area contributed by atoms with Crippen molar-refractivity contribution in [2.24, 2.45) is 5.92 Å². The van der Waals surface area contributed by atoms with Gasteiger partial charge in [0.15, 0.2) is 9.84 Å². The Kier molecular flexibility index (Phi) is 4.59. The summed E-state index contributed by atoms with van der Waals surface area (Å²) in [6.45, 7) is -0.455. The minimum Gasteiger partial charge on any atom is -0.435 e. The second-order valence-electron chi connectivity index (χ2n) is 5.09. The van der Waals surface area contributed by atoms with Crippen molar-refractivity contribution in [1.82, 2.24) is 5.32 Å². The van der Waals surface area contributed by atoms with Crippen molar-refractivity contribution in [3.63, 3.8) is 0 Å². The Morgan fingerprint density at radius 2 is 2.10 bits per heavy atom. The van der Waals surface area contributed by atoms with Crippen LogP contribution in [-0.2, 0) is 9.84 Å². The largest absolute Gasteiger partial charge is 0.435 e. The molecule has 1 N–H and O–H groups in total. The molecule has 4 nitrogen and oxygen atoms in total. The monoisotopic (exact) mass is 305 g/mol. The molecule has 20 heavy (non-hydrogen) atoms. The van der Waals surface area contributed by atoms with Crippen LogP contribution < -0.4 is 10.1 Å². The average molecular weight is 305 g/mol. The lowest BCUT2D eigenvalue weighted by molar-refractivity contribution is -0.0499. The van der Waals surface area contributed by atoms with Crippen LogP contribution in [0.15, 0.2) is 24.3 Å². The molecule has 2 atom stereocenters. The molecule has 1 aromatic carbocycles. The van der Waals surface area contributed by atoms with Crippen LogP contribution >= 0.6 is 0 Å². The van der Waals surface area contributed by atoms with Gasteiger partial charge in [-0.25, -0.2) is 8.42 Å². The van der Waals surface area contributed by atoms with Crippen molar-refractivity contribution in [3.8, 4) is 5.75 Å². The average Bonchev–Trinajstić information content (AvgIpc) is 2.46. The first-order valence-corrected chi connectivity index (χ1v) is 8.16. The fourth-order valence-electron chi connectivity index (χ4n) is 2.34. The van der Waals surface area contributed by atoms with Gasteiger partial charge in [0.2, 0.25) is 0 Å². The topological polar surface area (TPSA) is 55.4 Å². The maximum absolute atomic E-state index is 12.2. The van der Waals surface area contributed by atoms with Gasteiger partial charge in [-0.2, -0.15) is 8.78 Å². The molecule has 1 heterocycles. The van der Waals surface area contributed by atoms with Crippen molar-refractivity contribution < 1.29 is 21.9 Å². The zero-order valence-corrected chi connectivity index (χ0v) is 11.9. The first kappa shape index (κ1) is 15.2. The minimum atomic E-state index is -3.15. The summed E-state index contributed by atoms with van der Waals surface area (Å²) in [4.78, 5) is 0. The summed E-state index contributed by atoms with van der Waals surface area (Å²) in [6.07, 6.45) is 0. The molecule has 0 radical (unpaired) electrons. The molecule has 1 aliphatic heterocycles. The molecule has 1 aromatic rings. The van der Waals surface area contributed by atoms with E-state index in [1.54, 1.807) is 12.1 Å². The predicted octanol–water partition coefficient (Wildman–Crippen LogP) is 1.98. The van der Waals surface area contributed by atoms with Crippen LogP contribution in [-0.4, -0.2) is 33.1 Å². The number of halogens is 2. The van der Waals surface area contributed by atoms with Crippen molar-refractivity contribution in [2.45, 2.75) is 19.6 Å². The van der Waals surface area contributed by atoms with Crippen LogP contribution in [0.2, 0.25) is 0 Å². The zero-order valence-electron chi connectivity index (χ0n) is 11.1. The van der Waals surface area contributed by atoms with E-state index in [0.29, 0.717) is 12.1 Å². The summed E-state index contributed by atoms with van der Waals surface area (Å²) in [5, 5.41) is 3.16. The molecular formula is C13H17F2NO3S. The van der Waals surface area contributed by atoms with E-state index in [4.69, 9.17) is 0 Å². The molecule has 1 saturated heterocycles. The highest BCUT2D eigenvalue weighted by atomic mass is 32.2. The van der Waals surface area contributed by atoms with Crippen LogP contribution in [0.5, 0.6) is 5.75 Å². The van der Waals surface area contributed by atoms with Gasteiger partial charge in [0.1, 0.15) is 5.75 Å². The van der Waals surface area contributed by atoms with E-state index >= 15 is 0 Å². The first-order valence-electron chi connectivity index (χ1n) is 6.34. The van der Waals surface area contributed by atoms with Gasteiger partial charge in [-0.1, -0.05) is 19.1 Å². The maximum atomic E-state index is 12.2. The van der Waals surface area contributed by atoms with Gasteiger partial charge in [-0.3, -0.25) is 0 Å². The quantitative estimate of drug-likeness (QED) is 0.928. The van der Waals surface area contributed by atoms with Gasteiger partial charge in [0.25, 0.3) is 0 Å². The van der Waals surface area contributed by atoms with Crippen LogP contribution in [0.3, 0.4) is 0 Å². The molecule has 0 saturated carbocycles. The molecule has 0 aliphatic carbocycles. The third-order valence-corrected chi connectivity index (χ3v) is 5.08. The number of hydrogen-bond donors (Lipinski definition) is 1. The first-order chi connectivity index (χ1) is 9.35. The number of sulfone groups is 1. The van der Waals surface area contributed by atoms with Crippen molar-refractivity contribution in [2.75, 3.05) is 18.1 Å². The Bertz CT molecular complexity index is 562. The molecule has 0 amide bonds. The highest BCUT2D eigenvalue weighted by Gasteiger charge is 2.27. The Morgan fingerprint density at radius 3 is 2.80 bits per heavy atom. The molecule has 7 heteroatoms. The Morgan fingerprint density at radius 1 is 1.35 bits per heavy atom. The summed E-state index contributed by atoms with van der Waals surface area (Å²) >= 11 is 0. The van der Waals surface area contributed by atoms with Crippen molar-refractivity contribution in [3.05, 3.63) is 29.8 Å². The van der Waals surface area contributed by atoms with E-state index in [9.17, 15) is 17.2 Å². The molecule has 0 aromatic heterocycles. The van der Waals surface area contributed by atoms with E-state index in [2.05, 4.69) is 10.1 Å². The van der Waals surface area contributed by atoms with Gasteiger partial charge in [0.05, 0.1) is 11.5 Å². The molecule has 112 valence electrons. The smallest absolute Gasteiger partial charge is 0.387 e. The summed E-state index contributed by atoms with van der Waals surface area (Å²) in [5.41, 5.74) is 0.640. The fraction of sp³-hybridized carbons (Fsp3) is 0.538. The standard InChI is InChI=1S/C13H17F2NO3S/c1-9-6-16-12(8-20(17,18)7-9)10-3-2-4-11(5-10)19-13(14)15/h2-5,9,12-13,16H,6-8H2,1H3. The lowest BCUT2D eigenvalue weighted by atomic mass is 10.1. The van der Waals surface area contributed by atoms with Crippen LogP contribution in [0.1, 0.15) is 18.5 Å². The second-order valence-corrected chi connectivity index (χ2v) is 7.25. The summed E-state index contributed by atoms with van der Waals surface area (Å²) in [5.74, 6) is 0.179. The van der Waals surface area contributed by atoms with E-state index in [1.165, 1.54) is 12.1 Å². The Hall–Kier alpha value is -1.21. The summed E-state index contributed by atoms with van der Waals surface area (Å²) in [7, 11) is -3.15. The molecule has 1 fully saturated rings. The van der Waals surface area contributed by atoms with Crippen LogP contribution in [0.4, 0.5) is 8.78 Å². The van der Waals surface area contributed by atoms with Gasteiger partial charge < -0.3 is 10.1 Å². The van der Waals surface area contributed by atoms with Crippen LogP contribution in [0, 0.1) is 5.92 Å². The second kappa shape index (κ2) is 6.05. The summed E-state index contributed by atoms with van der Waals surface area (Å²) in [6, 6.07) is 5.77. The van der Waals surface area contributed by atoms with Gasteiger partial charge >= 0.3 is 6.61 Å². The molecule has 2 rings (SSSR count). The van der Waals surface area contributed by atoms with Gasteiger partial charge in [-0.05, 0) is 30.2 Å². The predicted molar refractivity (Wildman–Crippen MR) is 71.6 cm³/mol. The molecule has 2 unspecified atom stereocenters. The lowest BCUT2D eigenvalue weighted by Crippen LogP contribution is -2.26. The lowest BCUT2D eigenvalue weighted by Gasteiger charge is -2.17. The highest BCUT2D eigenvalue weighted by molar-refractivity contribution is 7.91. The zero-order chi connectivity index (χ0) is 14.8. The van der Waals surface area contributed by atoms with E-state index in [-0.39, 0.29) is 23.2 Å². The van der Waals surface area contributed by atoms with Gasteiger partial charge in [0, 0.05) is 6.04 Å². The van der Waals surface area contributed by atoms with Crippen molar-refractivity contribution in [1.29, 1.82) is 0 Å². The Balaban J connectivity index is 2.22. The SMILES string of the molecule is CC1CNC(c2cccc(OC(F)F)c2)CS(=O)(=O)C1. The fourth-order valence-corrected chi connectivity index (χ4v) is 4.28. The van der Waals surface area contributed by atoms with Crippen molar-refractivity contribution >= 4 is 9.84 Å². The minimum absolute atomic E-state index is 0.0323. The molecule has 1 aliphatic rings. The van der Waals surface area contributed by atoms with E-state index in [0.717, 1.165) is 0 Å². The third kappa shape index (κ3) is 4.14. The molecule has 0 bridgehead atoms. The van der Waals surface area contributed by atoms with Gasteiger partial charge in [-0.15, -0.1) is 0 Å². The van der Waals surface area contributed by atoms with E-state index < -0.39 is 22.5 Å². The normalized spacial score (nSPS) is 26.2. The Labute approximate surface area is 117 Å². The number of hydrogen-bond acceptors (Lipinski definition) is 4. The third-order valence-electron chi connectivity index (χ3n) is 3.16. The number of alkyl halides is 2. The summed E-state index contributed by atoms with van der Waals surface area (Å²) < 4.78 is 52.6.